The van der Waals surface area contributed by atoms with Gasteiger partial charge in [-0.05, 0) is 41.1 Å². The molecule has 0 saturated carbocycles. The van der Waals surface area contributed by atoms with Crippen LogP contribution < -0.4 is 11.3 Å². The van der Waals surface area contributed by atoms with Crippen LogP contribution in [0.3, 0.4) is 0 Å². The Morgan fingerprint density at radius 3 is 2.76 bits per heavy atom. The van der Waals surface area contributed by atoms with Crippen LogP contribution in [0.2, 0.25) is 0 Å². The monoisotopic (exact) mass is 341 g/mol. The number of nitrogens with zero attached hydrogens (tertiary/aromatic N) is 1. The molecule has 3 aromatic rings. The molecule has 21 heavy (non-hydrogen) atoms. The molecule has 3 rings (SSSR count). The second-order valence-electron chi connectivity index (χ2n) is 5.07. The third-order valence-corrected chi connectivity index (χ3v) is 4.35. The number of fused-ring (bicyclic) bond motifs is 1. The topological polar surface area (TPSA) is 50.9 Å². The Labute approximate surface area is 132 Å². The Bertz CT molecular complexity index is 781. The molecule has 3 N–H and O–H groups in total. The molecule has 1 unspecified atom stereocenters. The summed E-state index contributed by atoms with van der Waals surface area (Å²) in [5.74, 6) is 5.85. The smallest absolute Gasteiger partial charge is 0.0727 e. The van der Waals surface area contributed by atoms with E-state index in [0.29, 0.717) is 0 Å². The number of hydrazine groups is 1. The van der Waals surface area contributed by atoms with E-state index in [1.54, 1.807) is 0 Å². The normalized spacial score (nSPS) is 12.5. The summed E-state index contributed by atoms with van der Waals surface area (Å²) in [6.45, 7) is 2.07. The number of aromatic nitrogens is 1. The molecule has 0 fully saturated rings. The van der Waals surface area contributed by atoms with Crippen LogP contribution in [0.15, 0.2) is 59.3 Å². The lowest BCUT2D eigenvalue weighted by Gasteiger charge is -2.20. The van der Waals surface area contributed by atoms with E-state index in [4.69, 9.17) is 5.84 Å². The predicted octanol–water partition coefficient (Wildman–Crippen LogP) is 3.86. The lowest BCUT2D eigenvalue weighted by molar-refractivity contribution is 0.638. The highest BCUT2D eigenvalue weighted by Gasteiger charge is 2.17. The first kappa shape index (κ1) is 14.2. The maximum Gasteiger partial charge on any atom is 0.0727 e. The van der Waals surface area contributed by atoms with Gasteiger partial charge in [-0.3, -0.25) is 10.8 Å². The number of pyridine rings is 1. The van der Waals surface area contributed by atoms with E-state index in [2.05, 4.69) is 63.6 Å². The number of rotatable bonds is 3. The Morgan fingerprint density at radius 2 is 2.00 bits per heavy atom. The molecule has 1 aromatic heterocycles. The summed E-state index contributed by atoms with van der Waals surface area (Å²) in [6.07, 6.45) is 3.68. The van der Waals surface area contributed by atoms with Crippen molar-refractivity contribution < 1.29 is 0 Å². The van der Waals surface area contributed by atoms with E-state index >= 15 is 0 Å². The number of hydrogen-bond acceptors (Lipinski definition) is 3. The van der Waals surface area contributed by atoms with E-state index in [-0.39, 0.29) is 6.04 Å². The van der Waals surface area contributed by atoms with Crippen molar-refractivity contribution in [3.8, 4) is 0 Å². The Balaban J connectivity index is 2.18. The third-order valence-electron chi connectivity index (χ3n) is 3.66. The summed E-state index contributed by atoms with van der Waals surface area (Å²) in [6, 6.07) is 14.4. The van der Waals surface area contributed by atoms with Crippen LogP contribution in [0.1, 0.15) is 22.7 Å². The van der Waals surface area contributed by atoms with Crippen LogP contribution in [-0.2, 0) is 0 Å². The van der Waals surface area contributed by atoms with E-state index in [0.717, 1.165) is 26.4 Å². The molecular weight excluding hydrogens is 326 g/mol. The van der Waals surface area contributed by atoms with Gasteiger partial charge in [0.1, 0.15) is 0 Å². The lowest BCUT2D eigenvalue weighted by atomic mass is 9.94. The summed E-state index contributed by atoms with van der Waals surface area (Å²) < 4.78 is 1.05. The number of aryl methyl sites for hydroxylation is 1. The molecule has 1 heterocycles. The van der Waals surface area contributed by atoms with Gasteiger partial charge in [-0.25, -0.2) is 5.43 Å². The molecule has 1 atom stereocenters. The number of halogens is 1. The second-order valence-corrected chi connectivity index (χ2v) is 5.92. The number of benzene rings is 2. The summed E-state index contributed by atoms with van der Waals surface area (Å²) >= 11 is 3.64. The number of nitrogens with one attached hydrogen (secondary N) is 1. The second kappa shape index (κ2) is 5.93. The van der Waals surface area contributed by atoms with E-state index in [1.165, 1.54) is 5.56 Å². The molecular formula is C17H16BrN3. The number of hydrogen-bond donors (Lipinski definition) is 2. The molecule has 0 spiro atoms. The van der Waals surface area contributed by atoms with Crippen molar-refractivity contribution in [1.82, 2.24) is 10.4 Å². The van der Waals surface area contributed by atoms with Crippen molar-refractivity contribution in [1.29, 1.82) is 0 Å². The Hall–Kier alpha value is -1.75. The molecule has 0 aliphatic heterocycles. The largest absolute Gasteiger partial charge is 0.271 e. The molecule has 3 nitrogen and oxygen atoms in total. The van der Waals surface area contributed by atoms with Gasteiger partial charge in [0.2, 0.25) is 0 Å². The summed E-state index contributed by atoms with van der Waals surface area (Å²) in [5.41, 5.74) is 6.41. The van der Waals surface area contributed by atoms with Crippen LogP contribution in [0, 0.1) is 6.92 Å². The first-order chi connectivity index (χ1) is 10.2. The van der Waals surface area contributed by atoms with Gasteiger partial charge >= 0.3 is 0 Å². The molecule has 106 valence electrons. The average molecular weight is 342 g/mol. The third kappa shape index (κ3) is 2.70. The van der Waals surface area contributed by atoms with Crippen molar-refractivity contribution in [3.05, 3.63) is 76.0 Å². The summed E-state index contributed by atoms with van der Waals surface area (Å²) in [4.78, 5) is 4.18. The predicted molar refractivity (Wildman–Crippen MR) is 89.8 cm³/mol. The van der Waals surface area contributed by atoms with Gasteiger partial charge in [0.25, 0.3) is 0 Å². The van der Waals surface area contributed by atoms with Crippen molar-refractivity contribution >= 4 is 26.7 Å². The van der Waals surface area contributed by atoms with Gasteiger partial charge in [-0.1, -0.05) is 46.3 Å². The van der Waals surface area contributed by atoms with Crippen molar-refractivity contribution in [2.24, 2.45) is 5.84 Å². The van der Waals surface area contributed by atoms with Crippen LogP contribution in [0.4, 0.5) is 0 Å². The highest BCUT2D eigenvalue weighted by molar-refractivity contribution is 9.10. The average Bonchev–Trinajstić information content (AvgIpc) is 2.50. The molecule has 0 amide bonds. The molecule has 0 aliphatic rings. The molecule has 4 heteroatoms. The SMILES string of the molecule is Cc1ccc(C(NN)c2cccc3cnccc23)c(Br)c1. The van der Waals surface area contributed by atoms with Gasteiger partial charge in [0.05, 0.1) is 6.04 Å². The maximum absolute atomic E-state index is 5.85. The molecule has 0 radical (unpaired) electrons. The number of nitrogens with two attached hydrogens (primary N) is 1. The molecule has 0 bridgehead atoms. The van der Waals surface area contributed by atoms with Crippen molar-refractivity contribution in [3.63, 3.8) is 0 Å². The lowest BCUT2D eigenvalue weighted by Crippen LogP contribution is -2.29. The molecule has 0 saturated heterocycles. The fourth-order valence-corrected chi connectivity index (χ4v) is 3.33. The summed E-state index contributed by atoms with van der Waals surface area (Å²) in [7, 11) is 0. The zero-order valence-corrected chi connectivity index (χ0v) is 13.3. The van der Waals surface area contributed by atoms with E-state index in [1.807, 2.05) is 24.5 Å². The fourth-order valence-electron chi connectivity index (χ4n) is 2.61. The minimum Gasteiger partial charge on any atom is -0.271 e. The fraction of sp³-hybridized carbons (Fsp3) is 0.118. The Morgan fingerprint density at radius 1 is 1.14 bits per heavy atom. The molecule has 0 aliphatic carbocycles. The Kier molecular flexibility index (Phi) is 4.01. The minimum absolute atomic E-state index is 0.0777. The zero-order chi connectivity index (χ0) is 14.8. The van der Waals surface area contributed by atoms with E-state index in [9.17, 15) is 0 Å². The van der Waals surface area contributed by atoms with Crippen LogP contribution in [0.25, 0.3) is 10.8 Å². The van der Waals surface area contributed by atoms with Crippen LogP contribution in [0.5, 0.6) is 0 Å². The van der Waals surface area contributed by atoms with Crippen molar-refractivity contribution in [2.75, 3.05) is 0 Å². The zero-order valence-electron chi connectivity index (χ0n) is 11.7. The van der Waals surface area contributed by atoms with Crippen LogP contribution >= 0.6 is 15.9 Å². The highest BCUT2D eigenvalue weighted by atomic mass is 79.9. The first-order valence-corrected chi connectivity index (χ1v) is 7.55. The van der Waals surface area contributed by atoms with Gasteiger partial charge in [-0.2, -0.15) is 0 Å². The van der Waals surface area contributed by atoms with Gasteiger partial charge in [0, 0.05) is 22.3 Å². The standard InChI is InChI=1S/C17H16BrN3/c1-11-5-6-15(16(18)9-11)17(21-19)14-4-2-3-12-10-20-8-7-13(12)14/h2-10,17,21H,19H2,1H3. The quantitative estimate of drug-likeness (QED) is 0.561. The minimum atomic E-state index is -0.0777. The maximum atomic E-state index is 5.85. The van der Waals surface area contributed by atoms with E-state index < -0.39 is 0 Å². The molecule has 2 aromatic carbocycles. The highest BCUT2D eigenvalue weighted by Crippen LogP contribution is 2.32. The van der Waals surface area contributed by atoms with Gasteiger partial charge < -0.3 is 0 Å². The first-order valence-electron chi connectivity index (χ1n) is 6.75. The van der Waals surface area contributed by atoms with Crippen LogP contribution in [-0.4, -0.2) is 4.98 Å². The van der Waals surface area contributed by atoms with Gasteiger partial charge in [0.15, 0.2) is 0 Å². The van der Waals surface area contributed by atoms with Crippen molar-refractivity contribution in [2.45, 2.75) is 13.0 Å². The van der Waals surface area contributed by atoms with Gasteiger partial charge in [-0.15, -0.1) is 0 Å². The summed E-state index contributed by atoms with van der Waals surface area (Å²) in [5, 5.41) is 2.27.